The molecule has 122 valence electrons. The normalized spacial score (nSPS) is 10.4. The van der Waals surface area contributed by atoms with Crippen LogP contribution < -0.4 is 4.74 Å². The molecule has 3 aromatic rings. The lowest BCUT2D eigenvalue weighted by atomic mass is 10.2. The van der Waals surface area contributed by atoms with Gasteiger partial charge in [0.15, 0.2) is 6.61 Å². The maximum atomic E-state index is 11.8. The van der Waals surface area contributed by atoms with Crippen molar-refractivity contribution in [2.45, 2.75) is 6.61 Å². The fourth-order valence-corrected chi connectivity index (χ4v) is 2.45. The number of rotatable bonds is 6. The van der Waals surface area contributed by atoms with Crippen LogP contribution in [-0.4, -0.2) is 22.4 Å². The molecule has 0 unspecified atom stereocenters. The minimum absolute atomic E-state index is 0.123. The van der Waals surface area contributed by atoms with Crippen molar-refractivity contribution >= 4 is 21.9 Å². The van der Waals surface area contributed by atoms with Crippen LogP contribution >= 0.6 is 15.9 Å². The van der Waals surface area contributed by atoms with Gasteiger partial charge in [0.05, 0.1) is 5.69 Å². The van der Waals surface area contributed by atoms with Crippen LogP contribution in [0.5, 0.6) is 5.75 Å². The average molecular weight is 387 g/mol. The van der Waals surface area contributed by atoms with Crippen molar-refractivity contribution in [1.29, 1.82) is 0 Å². The summed E-state index contributed by atoms with van der Waals surface area (Å²) in [5, 5.41) is 4.16. The zero-order valence-electron chi connectivity index (χ0n) is 12.8. The molecule has 0 aliphatic carbocycles. The minimum Gasteiger partial charge on any atom is -0.482 e. The Morgan fingerprint density at radius 2 is 1.96 bits per heavy atom. The third-order valence-electron chi connectivity index (χ3n) is 3.26. The summed E-state index contributed by atoms with van der Waals surface area (Å²) in [6, 6.07) is 16.8. The molecule has 1 aromatic heterocycles. The van der Waals surface area contributed by atoms with Crippen LogP contribution in [0.2, 0.25) is 0 Å². The van der Waals surface area contributed by atoms with Gasteiger partial charge in [0.1, 0.15) is 12.4 Å². The van der Waals surface area contributed by atoms with Crippen molar-refractivity contribution in [2.24, 2.45) is 0 Å². The summed E-state index contributed by atoms with van der Waals surface area (Å²) in [5.74, 6) is 0.205. The summed E-state index contributed by atoms with van der Waals surface area (Å²) in [6.45, 7) is 0.0852. The number of carbonyl (C=O) groups is 1. The van der Waals surface area contributed by atoms with E-state index >= 15 is 0 Å². The third-order valence-corrected chi connectivity index (χ3v) is 3.75. The number of hydrogen-bond acceptors (Lipinski definition) is 4. The fraction of sp³-hybridized carbons (Fsp3) is 0.111. The topological polar surface area (TPSA) is 53.4 Å². The molecule has 6 heteroatoms. The van der Waals surface area contributed by atoms with Crippen LogP contribution in [0.4, 0.5) is 0 Å². The van der Waals surface area contributed by atoms with Gasteiger partial charge in [-0.05, 0) is 42.0 Å². The molecule has 2 aromatic carbocycles. The molecule has 0 aliphatic heterocycles. The number of benzene rings is 2. The van der Waals surface area contributed by atoms with Crippen LogP contribution in [0.15, 0.2) is 71.5 Å². The highest BCUT2D eigenvalue weighted by Crippen LogP contribution is 2.17. The lowest BCUT2D eigenvalue weighted by Gasteiger charge is -2.08. The van der Waals surface area contributed by atoms with Gasteiger partial charge >= 0.3 is 5.97 Å². The van der Waals surface area contributed by atoms with E-state index in [1.807, 2.05) is 48.7 Å². The van der Waals surface area contributed by atoms with E-state index in [1.165, 1.54) is 0 Å². The highest BCUT2D eigenvalue weighted by Gasteiger charge is 2.06. The van der Waals surface area contributed by atoms with E-state index in [0.717, 1.165) is 15.7 Å². The van der Waals surface area contributed by atoms with E-state index in [2.05, 4.69) is 21.0 Å². The summed E-state index contributed by atoms with van der Waals surface area (Å²) in [6.07, 6.45) is 3.59. The molecule has 0 saturated heterocycles. The molecule has 0 spiro atoms. The van der Waals surface area contributed by atoms with Gasteiger partial charge in [-0.1, -0.05) is 34.1 Å². The van der Waals surface area contributed by atoms with Crippen molar-refractivity contribution in [2.75, 3.05) is 6.61 Å². The number of aromatic nitrogens is 2. The Kier molecular flexibility index (Phi) is 5.28. The first-order chi connectivity index (χ1) is 11.7. The molecule has 0 amide bonds. The molecule has 5 nitrogen and oxygen atoms in total. The Morgan fingerprint density at radius 3 is 2.67 bits per heavy atom. The molecule has 0 saturated carbocycles. The van der Waals surface area contributed by atoms with Crippen LogP contribution in [0, 0.1) is 0 Å². The number of ether oxygens (including phenoxy) is 2. The molecular weight excluding hydrogens is 372 g/mol. The smallest absolute Gasteiger partial charge is 0.344 e. The maximum Gasteiger partial charge on any atom is 0.344 e. The van der Waals surface area contributed by atoms with Gasteiger partial charge in [0.2, 0.25) is 0 Å². The molecule has 24 heavy (non-hydrogen) atoms. The first-order valence-corrected chi connectivity index (χ1v) is 8.13. The van der Waals surface area contributed by atoms with E-state index in [0.29, 0.717) is 5.75 Å². The van der Waals surface area contributed by atoms with E-state index in [4.69, 9.17) is 9.47 Å². The summed E-state index contributed by atoms with van der Waals surface area (Å²) < 4.78 is 13.3. The quantitative estimate of drug-likeness (QED) is 0.605. The standard InChI is InChI=1S/C18H15BrN2O3/c19-15-3-1-4-17(11-15)23-13-18(22)24-12-14-5-7-16(8-6-14)21-10-2-9-20-21/h1-11H,12-13H2. The molecule has 3 rings (SSSR count). The van der Waals surface area contributed by atoms with Gasteiger partial charge in [-0.25, -0.2) is 9.48 Å². The summed E-state index contributed by atoms with van der Waals surface area (Å²) in [5.41, 5.74) is 1.86. The first kappa shape index (κ1) is 16.3. The van der Waals surface area contributed by atoms with Crippen LogP contribution in [0.3, 0.4) is 0 Å². The van der Waals surface area contributed by atoms with Crippen LogP contribution in [0.25, 0.3) is 5.69 Å². The van der Waals surface area contributed by atoms with Crippen molar-refractivity contribution in [3.63, 3.8) is 0 Å². The lowest BCUT2D eigenvalue weighted by Crippen LogP contribution is -2.14. The van der Waals surface area contributed by atoms with Crippen molar-refractivity contribution in [3.05, 3.63) is 77.0 Å². The Hall–Kier alpha value is -2.60. The van der Waals surface area contributed by atoms with Crippen molar-refractivity contribution in [3.8, 4) is 11.4 Å². The van der Waals surface area contributed by atoms with E-state index in [9.17, 15) is 4.79 Å². The largest absolute Gasteiger partial charge is 0.482 e. The zero-order valence-corrected chi connectivity index (χ0v) is 14.3. The van der Waals surface area contributed by atoms with Crippen molar-refractivity contribution < 1.29 is 14.3 Å². The van der Waals surface area contributed by atoms with E-state index in [1.54, 1.807) is 23.0 Å². The third kappa shape index (κ3) is 4.45. The SMILES string of the molecule is O=C(COc1cccc(Br)c1)OCc1ccc(-n2cccn2)cc1. The minimum atomic E-state index is -0.411. The van der Waals surface area contributed by atoms with Crippen LogP contribution in [0.1, 0.15) is 5.56 Å². The molecule has 0 N–H and O–H groups in total. The van der Waals surface area contributed by atoms with Crippen LogP contribution in [-0.2, 0) is 16.1 Å². The molecule has 0 fully saturated rings. The first-order valence-electron chi connectivity index (χ1n) is 7.34. The van der Waals surface area contributed by atoms with E-state index < -0.39 is 5.97 Å². The number of nitrogens with zero attached hydrogens (tertiary/aromatic N) is 2. The number of esters is 1. The van der Waals surface area contributed by atoms with Gasteiger partial charge in [0.25, 0.3) is 0 Å². The number of hydrogen-bond donors (Lipinski definition) is 0. The molecule has 0 aliphatic rings. The van der Waals surface area contributed by atoms with Gasteiger partial charge in [-0.15, -0.1) is 0 Å². The fourth-order valence-electron chi connectivity index (χ4n) is 2.07. The highest BCUT2D eigenvalue weighted by atomic mass is 79.9. The Labute approximate surface area is 148 Å². The number of carbonyl (C=O) groups excluding carboxylic acids is 1. The lowest BCUT2D eigenvalue weighted by molar-refractivity contribution is -0.147. The molecular formula is C18H15BrN2O3. The van der Waals surface area contributed by atoms with E-state index in [-0.39, 0.29) is 13.2 Å². The second-order valence-electron chi connectivity index (χ2n) is 5.02. The summed E-state index contributed by atoms with van der Waals surface area (Å²) >= 11 is 3.35. The monoisotopic (exact) mass is 386 g/mol. The predicted molar refractivity (Wildman–Crippen MR) is 93.0 cm³/mol. The number of halogens is 1. The molecule has 0 atom stereocenters. The van der Waals surface area contributed by atoms with Gasteiger partial charge < -0.3 is 9.47 Å². The van der Waals surface area contributed by atoms with Gasteiger partial charge in [0, 0.05) is 16.9 Å². The van der Waals surface area contributed by atoms with Crippen molar-refractivity contribution in [1.82, 2.24) is 9.78 Å². The Balaban J connectivity index is 1.47. The second kappa shape index (κ2) is 7.79. The zero-order chi connectivity index (χ0) is 16.8. The highest BCUT2D eigenvalue weighted by molar-refractivity contribution is 9.10. The van der Waals surface area contributed by atoms with Gasteiger partial charge in [-0.2, -0.15) is 5.10 Å². The molecule has 0 radical (unpaired) electrons. The Bertz CT molecular complexity index is 801. The van der Waals surface area contributed by atoms with Gasteiger partial charge in [-0.3, -0.25) is 0 Å². The maximum absolute atomic E-state index is 11.8. The Morgan fingerprint density at radius 1 is 1.12 bits per heavy atom. The molecule has 1 heterocycles. The predicted octanol–water partition coefficient (Wildman–Crippen LogP) is 3.76. The second-order valence-corrected chi connectivity index (χ2v) is 5.94. The summed E-state index contributed by atoms with van der Waals surface area (Å²) in [4.78, 5) is 11.8. The average Bonchev–Trinajstić information content (AvgIpc) is 3.13. The molecule has 0 bridgehead atoms. The summed E-state index contributed by atoms with van der Waals surface area (Å²) in [7, 11) is 0.